The smallest absolute Gasteiger partial charge is 0.307 e. The average Bonchev–Trinajstić information content (AvgIpc) is 2.70. The molecule has 20 heavy (non-hydrogen) atoms. The summed E-state index contributed by atoms with van der Waals surface area (Å²) in [6, 6.07) is 7.37. The van der Waals surface area contributed by atoms with Gasteiger partial charge in [0.05, 0.1) is 16.6 Å². The van der Waals surface area contributed by atoms with E-state index in [0.717, 1.165) is 21.1 Å². The van der Waals surface area contributed by atoms with Crippen molar-refractivity contribution in [2.24, 2.45) is 5.92 Å². The molecule has 0 radical (unpaired) electrons. The minimum atomic E-state index is -0.810. The highest BCUT2D eigenvalue weighted by molar-refractivity contribution is 7.11. The van der Waals surface area contributed by atoms with Gasteiger partial charge in [-0.05, 0) is 31.9 Å². The van der Waals surface area contributed by atoms with Crippen LogP contribution in [0.15, 0.2) is 24.3 Å². The van der Waals surface area contributed by atoms with Crippen molar-refractivity contribution >= 4 is 28.9 Å². The van der Waals surface area contributed by atoms with Gasteiger partial charge in [0.15, 0.2) is 0 Å². The lowest BCUT2D eigenvalue weighted by Crippen LogP contribution is -2.19. The van der Waals surface area contributed by atoms with Gasteiger partial charge in [-0.1, -0.05) is 29.8 Å². The molecule has 0 saturated carbocycles. The third kappa shape index (κ3) is 3.58. The molecule has 0 saturated heterocycles. The van der Waals surface area contributed by atoms with Crippen LogP contribution in [-0.4, -0.2) is 16.1 Å². The maximum Gasteiger partial charge on any atom is 0.307 e. The number of hydrogen-bond acceptors (Lipinski definition) is 3. The zero-order valence-electron chi connectivity index (χ0n) is 11.4. The number of aliphatic carboxylic acids is 1. The van der Waals surface area contributed by atoms with Crippen LogP contribution in [0, 0.1) is 19.8 Å². The van der Waals surface area contributed by atoms with Crippen LogP contribution in [0.3, 0.4) is 0 Å². The van der Waals surface area contributed by atoms with Crippen molar-refractivity contribution in [2.45, 2.75) is 26.7 Å². The Labute approximate surface area is 127 Å². The van der Waals surface area contributed by atoms with Crippen LogP contribution in [0.2, 0.25) is 5.02 Å². The van der Waals surface area contributed by atoms with E-state index in [1.165, 1.54) is 0 Å². The Balaban J connectivity index is 2.16. The molecule has 1 unspecified atom stereocenters. The van der Waals surface area contributed by atoms with Crippen LogP contribution in [0.5, 0.6) is 0 Å². The first-order valence-corrected chi connectivity index (χ1v) is 7.56. The highest BCUT2D eigenvalue weighted by atomic mass is 35.5. The predicted octanol–water partition coefficient (Wildman–Crippen LogP) is 3.90. The number of thiazole rings is 1. The van der Waals surface area contributed by atoms with Crippen molar-refractivity contribution in [1.82, 2.24) is 4.98 Å². The minimum Gasteiger partial charge on any atom is -0.481 e. The van der Waals surface area contributed by atoms with Crippen LogP contribution >= 0.6 is 22.9 Å². The second-order valence-electron chi connectivity index (χ2n) is 4.78. The summed E-state index contributed by atoms with van der Waals surface area (Å²) in [5.74, 6) is -1.31. The number of rotatable bonds is 5. The largest absolute Gasteiger partial charge is 0.481 e. The zero-order valence-corrected chi connectivity index (χ0v) is 13.0. The van der Waals surface area contributed by atoms with Crippen molar-refractivity contribution < 1.29 is 9.90 Å². The molecular weight excluding hydrogens is 294 g/mol. The number of carbonyl (C=O) groups is 1. The van der Waals surface area contributed by atoms with Gasteiger partial charge in [0.2, 0.25) is 0 Å². The fourth-order valence-electron chi connectivity index (χ4n) is 2.01. The van der Waals surface area contributed by atoms with E-state index >= 15 is 0 Å². The molecule has 106 valence electrons. The molecule has 5 heteroatoms. The molecule has 1 aromatic carbocycles. The van der Waals surface area contributed by atoms with Gasteiger partial charge in [-0.15, -0.1) is 11.3 Å². The summed E-state index contributed by atoms with van der Waals surface area (Å²) in [5.41, 5.74) is 1.85. The first-order chi connectivity index (χ1) is 9.47. The molecule has 0 aliphatic carbocycles. The molecule has 0 aliphatic heterocycles. The summed E-state index contributed by atoms with van der Waals surface area (Å²) in [6.45, 7) is 3.94. The predicted molar refractivity (Wildman–Crippen MR) is 81.6 cm³/mol. The molecule has 3 nitrogen and oxygen atoms in total. The summed E-state index contributed by atoms with van der Waals surface area (Å²) in [4.78, 5) is 17.0. The van der Waals surface area contributed by atoms with Gasteiger partial charge in [0.25, 0.3) is 0 Å². The summed E-state index contributed by atoms with van der Waals surface area (Å²) in [5, 5.41) is 10.9. The fraction of sp³-hybridized carbons (Fsp3) is 0.333. The molecule has 2 aromatic rings. The van der Waals surface area contributed by atoms with E-state index in [1.807, 2.05) is 32.0 Å². The van der Waals surface area contributed by atoms with Crippen LogP contribution in [-0.2, 0) is 17.6 Å². The quantitative estimate of drug-likeness (QED) is 0.911. The SMILES string of the molecule is Cc1nc(CC(Cc2ccccc2Cl)C(=O)O)sc1C. The minimum absolute atomic E-state index is 0.423. The topological polar surface area (TPSA) is 50.2 Å². The fourth-order valence-corrected chi connectivity index (χ4v) is 3.24. The highest BCUT2D eigenvalue weighted by Gasteiger charge is 2.21. The summed E-state index contributed by atoms with van der Waals surface area (Å²) >= 11 is 7.67. The molecule has 0 fully saturated rings. The monoisotopic (exact) mass is 309 g/mol. The molecule has 1 heterocycles. The van der Waals surface area contributed by atoms with Gasteiger partial charge in [-0.2, -0.15) is 0 Å². The number of nitrogens with zero attached hydrogens (tertiary/aromatic N) is 1. The van der Waals surface area contributed by atoms with E-state index in [2.05, 4.69) is 4.98 Å². The standard InChI is InChI=1S/C15H16ClNO2S/c1-9-10(2)20-14(17-9)8-12(15(18)19)7-11-5-3-4-6-13(11)16/h3-6,12H,7-8H2,1-2H3,(H,18,19). The molecule has 0 bridgehead atoms. The number of halogens is 1. The lowest BCUT2D eigenvalue weighted by molar-refractivity contribution is -0.141. The van der Waals surface area contributed by atoms with Crippen molar-refractivity contribution in [3.63, 3.8) is 0 Å². The van der Waals surface area contributed by atoms with E-state index in [4.69, 9.17) is 11.6 Å². The van der Waals surface area contributed by atoms with Crippen LogP contribution < -0.4 is 0 Å². The Bertz CT molecular complexity index is 605. The molecule has 1 N–H and O–H groups in total. The molecule has 2 rings (SSSR count). The molecule has 0 spiro atoms. The zero-order chi connectivity index (χ0) is 14.7. The van der Waals surface area contributed by atoms with Crippen molar-refractivity contribution in [3.05, 3.63) is 50.4 Å². The van der Waals surface area contributed by atoms with E-state index < -0.39 is 11.9 Å². The Morgan fingerprint density at radius 2 is 2.05 bits per heavy atom. The van der Waals surface area contributed by atoms with Gasteiger partial charge < -0.3 is 5.11 Å². The Morgan fingerprint density at radius 1 is 1.35 bits per heavy atom. The average molecular weight is 310 g/mol. The summed E-state index contributed by atoms with van der Waals surface area (Å²) in [6.07, 6.45) is 0.868. The summed E-state index contributed by atoms with van der Waals surface area (Å²) < 4.78 is 0. The second-order valence-corrected chi connectivity index (χ2v) is 6.48. The van der Waals surface area contributed by atoms with Crippen molar-refractivity contribution in [1.29, 1.82) is 0 Å². The molecule has 0 aliphatic rings. The van der Waals surface area contributed by atoms with Gasteiger partial charge >= 0.3 is 5.97 Å². The van der Waals surface area contributed by atoms with E-state index in [9.17, 15) is 9.90 Å². The maximum atomic E-state index is 11.4. The third-order valence-electron chi connectivity index (χ3n) is 3.27. The number of aromatic nitrogens is 1. The van der Waals surface area contributed by atoms with Crippen molar-refractivity contribution in [3.8, 4) is 0 Å². The molecular formula is C15H16ClNO2S. The maximum absolute atomic E-state index is 11.4. The Morgan fingerprint density at radius 3 is 2.60 bits per heavy atom. The van der Waals surface area contributed by atoms with Crippen LogP contribution in [0.4, 0.5) is 0 Å². The number of aryl methyl sites for hydroxylation is 2. The second kappa shape index (κ2) is 6.37. The van der Waals surface area contributed by atoms with Gasteiger partial charge in [-0.3, -0.25) is 4.79 Å². The van der Waals surface area contributed by atoms with Gasteiger partial charge in [0, 0.05) is 16.3 Å². The first kappa shape index (κ1) is 15.0. The molecule has 0 amide bonds. The van der Waals surface area contributed by atoms with Gasteiger partial charge in [0.1, 0.15) is 0 Å². The lowest BCUT2D eigenvalue weighted by atomic mass is 9.96. The first-order valence-electron chi connectivity index (χ1n) is 6.36. The summed E-state index contributed by atoms with van der Waals surface area (Å²) in [7, 11) is 0. The van der Waals surface area contributed by atoms with Crippen LogP contribution in [0.25, 0.3) is 0 Å². The van der Waals surface area contributed by atoms with Crippen molar-refractivity contribution in [2.75, 3.05) is 0 Å². The van der Waals surface area contributed by atoms with Crippen LogP contribution in [0.1, 0.15) is 21.1 Å². The van der Waals surface area contributed by atoms with E-state index in [0.29, 0.717) is 17.9 Å². The Kier molecular flexibility index (Phi) is 4.78. The normalized spacial score (nSPS) is 12.3. The number of benzene rings is 1. The number of carboxylic acids is 1. The molecule has 1 atom stereocenters. The molecule has 1 aromatic heterocycles. The lowest BCUT2D eigenvalue weighted by Gasteiger charge is -2.11. The van der Waals surface area contributed by atoms with E-state index in [1.54, 1.807) is 17.4 Å². The number of hydrogen-bond donors (Lipinski definition) is 1. The Hall–Kier alpha value is -1.39. The number of carboxylic acid groups (broad SMARTS) is 1. The highest BCUT2D eigenvalue weighted by Crippen LogP contribution is 2.24. The van der Waals surface area contributed by atoms with Gasteiger partial charge in [-0.25, -0.2) is 4.98 Å². The van der Waals surface area contributed by atoms with E-state index in [-0.39, 0.29) is 0 Å². The third-order valence-corrected chi connectivity index (χ3v) is 4.73.